The molecule has 1 heterocycles. The third-order valence-electron chi connectivity index (χ3n) is 3.85. The summed E-state index contributed by atoms with van der Waals surface area (Å²) < 4.78 is 31.1. The highest BCUT2D eigenvalue weighted by atomic mass is 32.2. The average Bonchev–Trinajstić information content (AvgIpc) is 2.99. The first-order valence-electron chi connectivity index (χ1n) is 7.55. The first-order valence-corrected chi connectivity index (χ1v) is 9.40. The lowest BCUT2D eigenvalue weighted by Gasteiger charge is -2.19. The Morgan fingerprint density at radius 3 is 2.44 bits per heavy atom. The number of nitrogens with one attached hydrogen (secondary N) is 1. The lowest BCUT2D eigenvalue weighted by Crippen LogP contribution is -2.32. The van der Waals surface area contributed by atoms with Crippen molar-refractivity contribution in [2.24, 2.45) is 7.05 Å². The van der Waals surface area contributed by atoms with Crippen LogP contribution in [0.4, 0.5) is 5.69 Å². The van der Waals surface area contributed by atoms with Crippen molar-refractivity contribution in [3.63, 3.8) is 0 Å². The van der Waals surface area contributed by atoms with Gasteiger partial charge in [-0.2, -0.15) is 5.10 Å². The van der Waals surface area contributed by atoms with E-state index in [-0.39, 0.29) is 11.9 Å². The van der Waals surface area contributed by atoms with Crippen LogP contribution in [0.2, 0.25) is 0 Å². The maximum absolute atomic E-state index is 12.5. The Labute approximate surface area is 147 Å². The van der Waals surface area contributed by atoms with Gasteiger partial charge in [0, 0.05) is 33.0 Å². The van der Waals surface area contributed by atoms with E-state index >= 15 is 0 Å². The van der Waals surface area contributed by atoms with Gasteiger partial charge in [-0.25, -0.2) is 8.42 Å². The second-order valence-corrected chi connectivity index (χ2v) is 7.65. The minimum Gasteiger partial charge on any atom is -0.382 e. The van der Waals surface area contributed by atoms with E-state index in [1.54, 1.807) is 49.3 Å². The van der Waals surface area contributed by atoms with Crippen molar-refractivity contribution >= 4 is 21.6 Å². The maximum Gasteiger partial charge on any atom is 0.251 e. The molecule has 1 amide bonds. The number of hydrogen-bond donors (Lipinski definition) is 1. The number of aryl methyl sites for hydroxylation is 1. The molecule has 0 saturated heterocycles. The number of aromatic nitrogens is 2. The highest BCUT2D eigenvalue weighted by Crippen LogP contribution is 2.18. The Bertz CT molecular complexity index is 830. The van der Waals surface area contributed by atoms with Crippen LogP contribution in [0.3, 0.4) is 0 Å². The van der Waals surface area contributed by atoms with Crippen LogP contribution in [0.1, 0.15) is 22.1 Å². The predicted molar refractivity (Wildman–Crippen MR) is 95.0 cm³/mol. The molecule has 25 heavy (non-hydrogen) atoms. The van der Waals surface area contributed by atoms with Crippen molar-refractivity contribution in [2.45, 2.75) is 6.04 Å². The zero-order valence-corrected chi connectivity index (χ0v) is 15.4. The summed E-state index contributed by atoms with van der Waals surface area (Å²) in [5, 5.41) is 7.00. The molecule has 1 aromatic carbocycles. The molecule has 0 bridgehead atoms. The van der Waals surface area contributed by atoms with Crippen molar-refractivity contribution in [3.05, 3.63) is 47.8 Å². The van der Waals surface area contributed by atoms with Crippen molar-refractivity contribution < 1.29 is 17.9 Å². The Kier molecular flexibility index (Phi) is 5.81. The van der Waals surface area contributed by atoms with Gasteiger partial charge < -0.3 is 10.1 Å². The van der Waals surface area contributed by atoms with Crippen molar-refractivity contribution in [2.75, 3.05) is 31.3 Å². The SMILES string of the molecule is COCC(NC(=O)c1ccc(N(C)S(C)(=O)=O)cc1)c1ccnn1C. The Hall–Kier alpha value is -2.39. The van der Waals surface area contributed by atoms with Crippen LogP contribution in [0, 0.1) is 0 Å². The summed E-state index contributed by atoms with van der Waals surface area (Å²) in [7, 11) is 1.47. The minimum atomic E-state index is -3.34. The van der Waals surface area contributed by atoms with Gasteiger partial charge in [-0.15, -0.1) is 0 Å². The number of benzene rings is 1. The molecule has 1 unspecified atom stereocenters. The highest BCUT2D eigenvalue weighted by Gasteiger charge is 2.19. The summed E-state index contributed by atoms with van der Waals surface area (Å²) in [6, 6.07) is 7.81. The summed E-state index contributed by atoms with van der Waals surface area (Å²) in [4.78, 5) is 12.5. The molecular weight excluding hydrogens is 344 g/mol. The quantitative estimate of drug-likeness (QED) is 0.787. The van der Waals surface area contributed by atoms with Crippen molar-refractivity contribution in [1.82, 2.24) is 15.1 Å². The van der Waals surface area contributed by atoms with Gasteiger partial charge in [0.05, 0.1) is 30.3 Å². The third-order valence-corrected chi connectivity index (χ3v) is 5.05. The molecule has 2 rings (SSSR count). The van der Waals surface area contributed by atoms with Gasteiger partial charge in [-0.1, -0.05) is 0 Å². The van der Waals surface area contributed by atoms with Gasteiger partial charge in [-0.3, -0.25) is 13.8 Å². The van der Waals surface area contributed by atoms with Crippen LogP contribution in [0.15, 0.2) is 36.5 Å². The third kappa shape index (κ3) is 4.58. The Morgan fingerprint density at radius 2 is 1.96 bits per heavy atom. The fraction of sp³-hybridized carbons (Fsp3) is 0.375. The number of carbonyl (C=O) groups excluding carboxylic acids is 1. The van der Waals surface area contributed by atoms with Gasteiger partial charge in [0.1, 0.15) is 0 Å². The smallest absolute Gasteiger partial charge is 0.251 e. The van der Waals surface area contributed by atoms with Gasteiger partial charge in [0.15, 0.2) is 0 Å². The van der Waals surface area contributed by atoms with Crippen LogP contribution in [0.5, 0.6) is 0 Å². The summed E-state index contributed by atoms with van der Waals surface area (Å²) in [5.41, 5.74) is 1.73. The Morgan fingerprint density at radius 1 is 1.32 bits per heavy atom. The first kappa shape index (κ1) is 18.9. The molecule has 0 saturated carbocycles. The van der Waals surface area contributed by atoms with E-state index in [1.165, 1.54) is 7.05 Å². The van der Waals surface area contributed by atoms with E-state index in [9.17, 15) is 13.2 Å². The molecule has 9 heteroatoms. The highest BCUT2D eigenvalue weighted by molar-refractivity contribution is 7.92. The zero-order valence-electron chi connectivity index (χ0n) is 14.6. The predicted octanol–water partition coefficient (Wildman–Crippen LogP) is 0.933. The molecule has 1 aromatic heterocycles. The van der Waals surface area contributed by atoms with Crippen molar-refractivity contribution in [3.8, 4) is 0 Å². The number of ether oxygens (including phenoxy) is 1. The summed E-state index contributed by atoms with van der Waals surface area (Å²) >= 11 is 0. The first-order chi connectivity index (χ1) is 11.7. The number of methoxy groups -OCH3 is 1. The zero-order chi connectivity index (χ0) is 18.6. The topological polar surface area (TPSA) is 93.5 Å². The monoisotopic (exact) mass is 366 g/mol. The fourth-order valence-corrected chi connectivity index (χ4v) is 2.85. The maximum atomic E-state index is 12.5. The minimum absolute atomic E-state index is 0.281. The van der Waals surface area contributed by atoms with Gasteiger partial charge >= 0.3 is 0 Å². The number of amides is 1. The van der Waals surface area contributed by atoms with E-state index in [0.29, 0.717) is 17.9 Å². The molecule has 2 aromatic rings. The van der Waals surface area contributed by atoms with Crippen molar-refractivity contribution in [1.29, 1.82) is 0 Å². The molecule has 0 aliphatic carbocycles. The fourth-order valence-electron chi connectivity index (χ4n) is 2.35. The van der Waals surface area contributed by atoms with E-state index in [2.05, 4.69) is 10.4 Å². The molecule has 1 atom stereocenters. The molecule has 0 aliphatic heterocycles. The Balaban J connectivity index is 2.15. The van der Waals surface area contributed by atoms with Crippen LogP contribution in [-0.2, 0) is 21.8 Å². The number of carbonyl (C=O) groups is 1. The summed E-state index contributed by atoms with van der Waals surface area (Å²) in [6.45, 7) is 0.306. The van der Waals surface area contributed by atoms with Crippen LogP contribution in [0.25, 0.3) is 0 Å². The van der Waals surface area contributed by atoms with E-state index in [0.717, 1.165) is 16.3 Å². The van der Waals surface area contributed by atoms with E-state index in [1.807, 2.05) is 6.07 Å². The molecule has 136 valence electrons. The molecule has 8 nitrogen and oxygen atoms in total. The second kappa shape index (κ2) is 7.66. The average molecular weight is 366 g/mol. The number of sulfonamides is 1. The number of nitrogens with zero attached hydrogens (tertiary/aromatic N) is 3. The normalized spacial score (nSPS) is 12.6. The van der Waals surface area contributed by atoms with Crippen LogP contribution < -0.4 is 9.62 Å². The molecule has 0 spiro atoms. The summed E-state index contributed by atoms with van der Waals surface area (Å²) in [5.74, 6) is -0.281. The van der Waals surface area contributed by atoms with Crippen LogP contribution >= 0.6 is 0 Å². The lowest BCUT2D eigenvalue weighted by molar-refractivity contribution is 0.0892. The van der Waals surface area contributed by atoms with Gasteiger partial charge in [0.25, 0.3) is 5.91 Å². The van der Waals surface area contributed by atoms with Gasteiger partial charge in [0.2, 0.25) is 10.0 Å². The number of anilines is 1. The largest absolute Gasteiger partial charge is 0.382 e. The molecule has 0 aliphatic rings. The standard InChI is InChI=1S/C16H22N4O4S/c1-19-15(9-10-17-19)14(11-24-3)18-16(21)12-5-7-13(8-6-12)20(2)25(4,22)23/h5-10,14H,11H2,1-4H3,(H,18,21). The molecule has 1 N–H and O–H groups in total. The van der Waals surface area contributed by atoms with Crippen LogP contribution in [-0.4, -0.2) is 51.1 Å². The molecular formula is C16H22N4O4S. The number of rotatable bonds is 7. The summed E-state index contributed by atoms with van der Waals surface area (Å²) in [6.07, 6.45) is 2.77. The van der Waals surface area contributed by atoms with Gasteiger partial charge in [-0.05, 0) is 30.3 Å². The second-order valence-electron chi connectivity index (χ2n) is 5.64. The molecule has 0 fully saturated rings. The lowest BCUT2D eigenvalue weighted by atomic mass is 10.1. The number of hydrogen-bond acceptors (Lipinski definition) is 5. The van der Waals surface area contributed by atoms with E-state index < -0.39 is 10.0 Å². The molecule has 0 radical (unpaired) electrons. The van der Waals surface area contributed by atoms with E-state index in [4.69, 9.17) is 4.74 Å².